The SMILES string of the molecule is CCCCCCCCCCCCCCCCCCPCCCC. The van der Waals surface area contributed by atoms with Gasteiger partial charge >= 0.3 is 0 Å². The molecular weight excluding hydrogens is 295 g/mol. The molecular formula is C22H47P. The van der Waals surface area contributed by atoms with Crippen LogP contribution >= 0.6 is 8.58 Å². The molecule has 0 saturated carbocycles. The molecule has 1 heteroatoms. The minimum atomic E-state index is 1.25. The Kier molecular flexibility index (Phi) is 22.8. The Morgan fingerprint density at radius 3 is 1.04 bits per heavy atom. The van der Waals surface area contributed by atoms with Gasteiger partial charge in [0.1, 0.15) is 0 Å². The molecule has 0 aromatic rings. The maximum atomic E-state index is 2.30. The van der Waals surface area contributed by atoms with Gasteiger partial charge in [-0.05, 0) is 25.2 Å². The summed E-state index contributed by atoms with van der Waals surface area (Å²) in [5, 5.41) is 0. The summed E-state index contributed by atoms with van der Waals surface area (Å²) in [5.74, 6) is 0. The van der Waals surface area contributed by atoms with E-state index in [4.69, 9.17) is 0 Å². The molecule has 1 atom stereocenters. The molecule has 0 bridgehead atoms. The van der Waals surface area contributed by atoms with Crippen LogP contribution in [-0.4, -0.2) is 12.3 Å². The monoisotopic (exact) mass is 342 g/mol. The van der Waals surface area contributed by atoms with E-state index < -0.39 is 0 Å². The second-order valence-electron chi connectivity index (χ2n) is 7.41. The van der Waals surface area contributed by atoms with E-state index >= 15 is 0 Å². The smallest absolute Gasteiger partial charge is 0.0353 e. The minimum absolute atomic E-state index is 1.25. The van der Waals surface area contributed by atoms with Crippen LogP contribution in [0.3, 0.4) is 0 Å². The Hall–Kier alpha value is 0.430. The highest BCUT2D eigenvalue weighted by atomic mass is 31.1. The van der Waals surface area contributed by atoms with Crippen LogP contribution in [0.2, 0.25) is 0 Å². The second kappa shape index (κ2) is 22.4. The fourth-order valence-corrected chi connectivity index (χ4v) is 4.58. The zero-order chi connectivity index (χ0) is 16.8. The molecule has 0 spiro atoms. The summed E-state index contributed by atoms with van der Waals surface area (Å²) in [6.45, 7) is 4.61. The van der Waals surface area contributed by atoms with Crippen molar-refractivity contribution in [2.75, 3.05) is 12.3 Å². The molecule has 0 aliphatic heterocycles. The predicted molar refractivity (Wildman–Crippen MR) is 113 cm³/mol. The zero-order valence-corrected chi connectivity index (χ0v) is 17.6. The first-order valence-electron chi connectivity index (χ1n) is 11.1. The Bertz CT molecular complexity index is 170. The molecule has 0 N–H and O–H groups in total. The van der Waals surface area contributed by atoms with Gasteiger partial charge < -0.3 is 0 Å². The lowest BCUT2D eigenvalue weighted by Crippen LogP contribution is -1.85. The van der Waals surface area contributed by atoms with Gasteiger partial charge in [0.15, 0.2) is 0 Å². The van der Waals surface area contributed by atoms with Crippen molar-refractivity contribution in [2.45, 2.75) is 129 Å². The highest BCUT2D eigenvalue weighted by Gasteiger charge is 1.95. The van der Waals surface area contributed by atoms with Crippen molar-refractivity contribution in [1.29, 1.82) is 0 Å². The maximum Gasteiger partial charge on any atom is -0.0353 e. The Labute approximate surface area is 150 Å². The van der Waals surface area contributed by atoms with E-state index in [-0.39, 0.29) is 0 Å². The van der Waals surface area contributed by atoms with Gasteiger partial charge in [-0.25, -0.2) is 0 Å². The van der Waals surface area contributed by atoms with Crippen molar-refractivity contribution < 1.29 is 0 Å². The van der Waals surface area contributed by atoms with Gasteiger partial charge in [0.25, 0.3) is 0 Å². The molecule has 0 radical (unpaired) electrons. The van der Waals surface area contributed by atoms with Crippen molar-refractivity contribution in [3.05, 3.63) is 0 Å². The molecule has 0 heterocycles. The Balaban J connectivity index is 2.92. The molecule has 0 aromatic heterocycles. The molecule has 0 aliphatic rings. The first-order valence-corrected chi connectivity index (χ1v) is 12.5. The van der Waals surface area contributed by atoms with E-state index in [1.807, 2.05) is 0 Å². The molecule has 23 heavy (non-hydrogen) atoms. The van der Waals surface area contributed by atoms with Gasteiger partial charge in [-0.15, -0.1) is 8.58 Å². The highest BCUT2D eigenvalue weighted by Crippen LogP contribution is 2.17. The summed E-state index contributed by atoms with van der Waals surface area (Å²) in [6, 6.07) is 0. The highest BCUT2D eigenvalue weighted by molar-refractivity contribution is 7.37. The average molecular weight is 343 g/mol. The van der Waals surface area contributed by atoms with E-state index in [0.717, 1.165) is 0 Å². The number of hydrogen-bond acceptors (Lipinski definition) is 0. The van der Waals surface area contributed by atoms with Crippen LogP contribution in [0.5, 0.6) is 0 Å². The van der Waals surface area contributed by atoms with Crippen molar-refractivity contribution in [3.8, 4) is 0 Å². The van der Waals surface area contributed by atoms with Gasteiger partial charge in [0, 0.05) is 0 Å². The van der Waals surface area contributed by atoms with Gasteiger partial charge in [0.05, 0.1) is 0 Å². The lowest BCUT2D eigenvalue weighted by Gasteiger charge is -2.04. The first kappa shape index (κ1) is 23.4. The molecule has 140 valence electrons. The fourth-order valence-electron chi connectivity index (χ4n) is 3.22. The van der Waals surface area contributed by atoms with Crippen LogP contribution in [0.1, 0.15) is 129 Å². The minimum Gasteiger partial charge on any atom is -0.122 e. The van der Waals surface area contributed by atoms with Crippen LogP contribution in [-0.2, 0) is 0 Å². The molecule has 0 saturated heterocycles. The Morgan fingerprint density at radius 2 is 0.652 bits per heavy atom. The van der Waals surface area contributed by atoms with Crippen molar-refractivity contribution in [2.24, 2.45) is 0 Å². The fraction of sp³-hybridized carbons (Fsp3) is 1.00. The maximum absolute atomic E-state index is 2.30. The van der Waals surface area contributed by atoms with E-state index in [1.165, 1.54) is 136 Å². The molecule has 0 fully saturated rings. The van der Waals surface area contributed by atoms with E-state index in [2.05, 4.69) is 13.8 Å². The second-order valence-corrected chi connectivity index (χ2v) is 8.91. The van der Waals surface area contributed by atoms with Gasteiger partial charge in [-0.1, -0.05) is 117 Å². The standard InChI is InChI=1S/C22H47P/c1-3-5-7-8-9-10-11-12-13-14-15-16-17-18-19-20-22-23-21-6-4-2/h23H,3-22H2,1-2H3. The third-order valence-electron chi connectivity index (χ3n) is 4.91. The predicted octanol–water partition coefficient (Wildman–Crippen LogP) is 8.73. The molecule has 0 rings (SSSR count). The van der Waals surface area contributed by atoms with Gasteiger partial charge in [-0.2, -0.15) is 0 Å². The van der Waals surface area contributed by atoms with E-state index in [0.29, 0.717) is 0 Å². The first-order chi connectivity index (χ1) is 11.4. The van der Waals surface area contributed by atoms with Crippen LogP contribution in [0.25, 0.3) is 0 Å². The summed E-state index contributed by atoms with van der Waals surface area (Å²) in [4.78, 5) is 0. The summed E-state index contributed by atoms with van der Waals surface area (Å²) >= 11 is 0. The number of rotatable bonds is 20. The quantitative estimate of drug-likeness (QED) is 0.153. The average Bonchev–Trinajstić information content (AvgIpc) is 2.57. The van der Waals surface area contributed by atoms with Gasteiger partial charge in [0.2, 0.25) is 0 Å². The van der Waals surface area contributed by atoms with Crippen LogP contribution in [0, 0.1) is 0 Å². The molecule has 0 aliphatic carbocycles. The lowest BCUT2D eigenvalue weighted by molar-refractivity contribution is 0.531. The van der Waals surface area contributed by atoms with E-state index in [1.54, 1.807) is 0 Å². The van der Waals surface area contributed by atoms with Crippen molar-refractivity contribution in [3.63, 3.8) is 0 Å². The lowest BCUT2D eigenvalue weighted by atomic mass is 10.0. The van der Waals surface area contributed by atoms with Crippen LogP contribution < -0.4 is 0 Å². The molecule has 0 aromatic carbocycles. The summed E-state index contributed by atoms with van der Waals surface area (Å²) < 4.78 is 0. The topological polar surface area (TPSA) is 0 Å². The normalized spacial score (nSPS) is 11.7. The summed E-state index contributed by atoms with van der Waals surface area (Å²) in [7, 11) is 1.25. The summed E-state index contributed by atoms with van der Waals surface area (Å²) in [5.41, 5.74) is 0. The van der Waals surface area contributed by atoms with Crippen LogP contribution in [0.4, 0.5) is 0 Å². The van der Waals surface area contributed by atoms with Crippen LogP contribution in [0.15, 0.2) is 0 Å². The third kappa shape index (κ3) is 22.4. The molecule has 1 unspecified atom stereocenters. The molecule has 0 nitrogen and oxygen atoms in total. The Morgan fingerprint density at radius 1 is 0.348 bits per heavy atom. The summed E-state index contributed by atoms with van der Waals surface area (Å²) in [6.07, 6.45) is 29.5. The van der Waals surface area contributed by atoms with E-state index in [9.17, 15) is 0 Å². The van der Waals surface area contributed by atoms with Crippen molar-refractivity contribution >= 4 is 8.58 Å². The largest absolute Gasteiger partial charge is 0.122 e. The third-order valence-corrected chi connectivity index (χ3v) is 6.33. The zero-order valence-electron chi connectivity index (χ0n) is 16.6. The van der Waals surface area contributed by atoms with Crippen molar-refractivity contribution in [1.82, 2.24) is 0 Å². The number of unbranched alkanes of at least 4 members (excludes halogenated alkanes) is 16. The van der Waals surface area contributed by atoms with Gasteiger partial charge in [-0.3, -0.25) is 0 Å². The number of hydrogen-bond donors (Lipinski definition) is 0. The molecule has 0 amide bonds.